The van der Waals surface area contributed by atoms with E-state index in [0.29, 0.717) is 34.2 Å². The Morgan fingerprint density at radius 2 is 1.76 bits per heavy atom. The maximum Gasteiger partial charge on any atom is 0.358 e. The molecular formula is C24H25N3O6. The number of methoxy groups -OCH3 is 3. The van der Waals surface area contributed by atoms with Crippen LogP contribution in [-0.4, -0.2) is 54.3 Å². The van der Waals surface area contributed by atoms with Crippen molar-refractivity contribution < 1.29 is 28.5 Å². The Bertz CT molecular complexity index is 1200. The number of benzene rings is 2. The van der Waals surface area contributed by atoms with E-state index < -0.39 is 5.97 Å². The molecule has 0 aliphatic carbocycles. The number of imidazole rings is 1. The van der Waals surface area contributed by atoms with E-state index in [1.165, 1.54) is 6.33 Å². The highest BCUT2D eigenvalue weighted by atomic mass is 16.5. The number of carbonyl (C=O) groups excluding carboxylic acids is 2. The third-order valence-electron chi connectivity index (χ3n) is 5.51. The second kappa shape index (κ2) is 9.23. The molecule has 1 amide bonds. The molecule has 2 heterocycles. The smallest absolute Gasteiger partial charge is 0.358 e. The van der Waals surface area contributed by atoms with Gasteiger partial charge in [0.15, 0.2) is 5.69 Å². The predicted molar refractivity (Wildman–Crippen MR) is 119 cm³/mol. The number of carbonyl (C=O) groups is 2. The standard InChI is InChI=1S/C24H25N3O6/c1-5-33-24(29)22-20-13-26(12-15-6-7-17(31-3)11-21(15)32-4)23(28)18-10-16(30-2)8-9-19(18)27(20)14-25-22/h6-11,14H,5,12-13H2,1-4H3. The summed E-state index contributed by atoms with van der Waals surface area (Å²) in [5.41, 5.74) is 2.59. The van der Waals surface area contributed by atoms with Crippen molar-refractivity contribution >= 4 is 11.9 Å². The lowest BCUT2D eigenvalue weighted by Gasteiger charge is -2.22. The summed E-state index contributed by atoms with van der Waals surface area (Å²) in [5.74, 6) is 1.06. The van der Waals surface area contributed by atoms with Gasteiger partial charge in [0.25, 0.3) is 5.91 Å². The summed E-state index contributed by atoms with van der Waals surface area (Å²) in [6, 6.07) is 10.7. The van der Waals surface area contributed by atoms with Crippen LogP contribution in [-0.2, 0) is 17.8 Å². The van der Waals surface area contributed by atoms with Crippen LogP contribution in [0.4, 0.5) is 0 Å². The van der Waals surface area contributed by atoms with Crippen molar-refractivity contribution in [1.82, 2.24) is 14.5 Å². The summed E-state index contributed by atoms with van der Waals surface area (Å²) in [4.78, 5) is 32.2. The highest BCUT2D eigenvalue weighted by molar-refractivity contribution is 5.99. The first-order valence-electron chi connectivity index (χ1n) is 10.4. The van der Waals surface area contributed by atoms with E-state index in [1.807, 2.05) is 12.1 Å². The van der Waals surface area contributed by atoms with Gasteiger partial charge in [0.2, 0.25) is 0 Å². The summed E-state index contributed by atoms with van der Waals surface area (Å²) < 4.78 is 23.1. The molecule has 0 unspecified atom stereocenters. The van der Waals surface area contributed by atoms with Crippen molar-refractivity contribution in [2.75, 3.05) is 27.9 Å². The van der Waals surface area contributed by atoms with Gasteiger partial charge in [-0.2, -0.15) is 0 Å². The highest BCUT2D eigenvalue weighted by Crippen LogP contribution is 2.32. The van der Waals surface area contributed by atoms with E-state index in [2.05, 4.69) is 4.98 Å². The molecule has 1 aliphatic heterocycles. The van der Waals surface area contributed by atoms with Gasteiger partial charge in [-0.3, -0.25) is 9.36 Å². The van der Waals surface area contributed by atoms with Crippen LogP contribution in [0.5, 0.6) is 17.2 Å². The third kappa shape index (κ3) is 4.09. The normalized spacial score (nSPS) is 12.5. The molecule has 2 aromatic carbocycles. The van der Waals surface area contributed by atoms with Crippen molar-refractivity contribution in [1.29, 1.82) is 0 Å². The Hall–Kier alpha value is -4.01. The molecule has 1 aliphatic rings. The third-order valence-corrected chi connectivity index (χ3v) is 5.51. The van der Waals surface area contributed by atoms with Crippen molar-refractivity contribution in [2.24, 2.45) is 0 Å². The SMILES string of the molecule is CCOC(=O)c1ncn2c1CN(Cc1ccc(OC)cc1OC)C(=O)c1cc(OC)ccc1-2. The number of aromatic nitrogens is 2. The molecule has 0 N–H and O–H groups in total. The van der Waals surface area contributed by atoms with Gasteiger partial charge < -0.3 is 23.8 Å². The minimum Gasteiger partial charge on any atom is -0.497 e. The second-order valence-corrected chi connectivity index (χ2v) is 7.35. The van der Waals surface area contributed by atoms with Crippen molar-refractivity contribution in [2.45, 2.75) is 20.0 Å². The zero-order valence-electron chi connectivity index (χ0n) is 19.0. The largest absolute Gasteiger partial charge is 0.497 e. The van der Waals surface area contributed by atoms with Gasteiger partial charge >= 0.3 is 5.97 Å². The number of rotatable bonds is 7. The second-order valence-electron chi connectivity index (χ2n) is 7.35. The Balaban J connectivity index is 1.82. The Kier molecular flexibility index (Phi) is 6.21. The van der Waals surface area contributed by atoms with Crippen molar-refractivity contribution in [3.05, 3.63) is 65.2 Å². The molecule has 0 fully saturated rings. The zero-order chi connectivity index (χ0) is 23.5. The number of nitrogens with zero attached hydrogens (tertiary/aromatic N) is 3. The fourth-order valence-electron chi connectivity index (χ4n) is 3.86. The van der Waals surface area contributed by atoms with Gasteiger partial charge in [-0.15, -0.1) is 0 Å². The molecule has 0 atom stereocenters. The monoisotopic (exact) mass is 451 g/mol. The zero-order valence-corrected chi connectivity index (χ0v) is 19.0. The summed E-state index contributed by atoms with van der Waals surface area (Å²) >= 11 is 0. The number of hydrogen-bond acceptors (Lipinski definition) is 7. The van der Waals surface area contributed by atoms with Crippen molar-refractivity contribution in [3.63, 3.8) is 0 Å². The number of ether oxygens (including phenoxy) is 4. The Morgan fingerprint density at radius 3 is 2.45 bits per heavy atom. The van der Waals surface area contributed by atoms with Crippen molar-refractivity contribution in [3.8, 4) is 22.9 Å². The van der Waals surface area contributed by atoms with E-state index in [1.54, 1.807) is 62.0 Å². The van der Waals surface area contributed by atoms with Gasteiger partial charge in [-0.1, -0.05) is 0 Å². The average Bonchev–Trinajstić information content (AvgIpc) is 3.22. The molecule has 0 bridgehead atoms. The molecule has 0 saturated carbocycles. The minimum absolute atomic E-state index is 0.152. The maximum atomic E-state index is 13.7. The first-order valence-corrected chi connectivity index (χ1v) is 10.4. The molecule has 9 heteroatoms. The number of amides is 1. The van der Waals surface area contributed by atoms with Crippen LogP contribution in [0.15, 0.2) is 42.7 Å². The Morgan fingerprint density at radius 1 is 1.03 bits per heavy atom. The summed E-state index contributed by atoms with van der Waals surface area (Å²) in [6.45, 7) is 2.36. The van der Waals surface area contributed by atoms with Crippen LogP contribution in [0, 0.1) is 0 Å². The van der Waals surface area contributed by atoms with Crippen LogP contribution in [0.25, 0.3) is 5.69 Å². The van der Waals surface area contributed by atoms with Crippen LogP contribution < -0.4 is 14.2 Å². The van der Waals surface area contributed by atoms with Gasteiger partial charge in [0.1, 0.15) is 23.6 Å². The number of hydrogen-bond donors (Lipinski definition) is 0. The first-order chi connectivity index (χ1) is 16.0. The molecule has 3 aromatic rings. The van der Waals surface area contributed by atoms with E-state index >= 15 is 0 Å². The number of fused-ring (bicyclic) bond motifs is 3. The summed E-state index contributed by atoms with van der Waals surface area (Å²) in [6.07, 6.45) is 1.54. The molecule has 172 valence electrons. The first kappa shape index (κ1) is 22.2. The molecule has 0 radical (unpaired) electrons. The lowest BCUT2D eigenvalue weighted by Crippen LogP contribution is -2.30. The maximum absolute atomic E-state index is 13.7. The topological polar surface area (TPSA) is 92.1 Å². The molecule has 1 aromatic heterocycles. The predicted octanol–water partition coefficient (Wildman–Crippen LogP) is 3.23. The van der Waals surface area contributed by atoms with Crippen LogP contribution in [0.2, 0.25) is 0 Å². The van der Waals surface area contributed by atoms with Gasteiger partial charge in [-0.05, 0) is 37.3 Å². The molecule has 0 spiro atoms. The van der Waals surface area contributed by atoms with E-state index in [9.17, 15) is 9.59 Å². The lowest BCUT2D eigenvalue weighted by molar-refractivity contribution is 0.0514. The summed E-state index contributed by atoms with van der Waals surface area (Å²) in [5, 5.41) is 0. The minimum atomic E-state index is -0.530. The lowest BCUT2D eigenvalue weighted by atomic mass is 10.1. The van der Waals surface area contributed by atoms with Crippen LogP contribution in [0.1, 0.15) is 39.0 Å². The average molecular weight is 451 g/mol. The van der Waals surface area contributed by atoms with Crippen LogP contribution >= 0.6 is 0 Å². The number of esters is 1. The molecular weight excluding hydrogens is 426 g/mol. The highest BCUT2D eigenvalue weighted by Gasteiger charge is 2.31. The summed E-state index contributed by atoms with van der Waals surface area (Å²) in [7, 11) is 4.69. The van der Waals surface area contributed by atoms with Gasteiger partial charge in [0.05, 0.1) is 58.0 Å². The van der Waals surface area contributed by atoms with Gasteiger partial charge in [-0.25, -0.2) is 9.78 Å². The molecule has 0 saturated heterocycles. The molecule has 9 nitrogen and oxygen atoms in total. The molecule has 33 heavy (non-hydrogen) atoms. The van der Waals surface area contributed by atoms with E-state index in [-0.39, 0.29) is 31.3 Å². The fourth-order valence-corrected chi connectivity index (χ4v) is 3.86. The quantitative estimate of drug-likeness (QED) is 0.509. The van der Waals surface area contributed by atoms with E-state index in [4.69, 9.17) is 18.9 Å². The Labute approximate surface area is 191 Å². The fraction of sp³-hybridized carbons (Fsp3) is 0.292. The van der Waals surface area contributed by atoms with Gasteiger partial charge in [0, 0.05) is 11.6 Å². The van der Waals surface area contributed by atoms with E-state index in [0.717, 1.165) is 5.56 Å². The van der Waals surface area contributed by atoms with Crippen LogP contribution in [0.3, 0.4) is 0 Å². The molecule has 4 rings (SSSR count).